The van der Waals surface area contributed by atoms with E-state index in [4.69, 9.17) is 4.74 Å². The SMILES string of the molecule is C1=CC2=C(CC1)c1cc(N(c3cccc4c3-c3ccccc3C43c4ccccc4Sc4ccccc43)c3cccc4c3-c3ccccc3C43c4ccccc4Sc4ccccc43)ccc1C21c2ccccc2Oc2ccccc21. The molecule has 18 rings (SSSR count). The van der Waals surface area contributed by atoms with Crippen LogP contribution in [0.3, 0.4) is 0 Å². The Bertz CT molecular complexity index is 4240. The van der Waals surface area contributed by atoms with Crippen molar-refractivity contribution in [2.24, 2.45) is 0 Å². The van der Waals surface area contributed by atoms with Crippen LogP contribution in [0.2, 0.25) is 0 Å². The van der Waals surface area contributed by atoms with Gasteiger partial charge in [-0.1, -0.05) is 224 Å². The highest BCUT2D eigenvalue weighted by Crippen LogP contribution is 2.69. The summed E-state index contributed by atoms with van der Waals surface area (Å²) in [5, 5.41) is 0. The van der Waals surface area contributed by atoms with E-state index in [2.05, 4.69) is 266 Å². The van der Waals surface area contributed by atoms with Crippen molar-refractivity contribution >= 4 is 46.2 Å². The fourth-order valence-electron chi connectivity index (χ4n) is 15.8. The van der Waals surface area contributed by atoms with Crippen molar-refractivity contribution in [1.82, 2.24) is 0 Å². The molecule has 11 aromatic rings. The van der Waals surface area contributed by atoms with Crippen molar-refractivity contribution in [1.29, 1.82) is 0 Å². The summed E-state index contributed by atoms with van der Waals surface area (Å²) in [7, 11) is 0. The minimum absolute atomic E-state index is 0.545. The Morgan fingerprint density at radius 1 is 0.342 bits per heavy atom. The molecule has 3 spiro atoms. The maximum Gasteiger partial charge on any atom is 0.132 e. The summed E-state index contributed by atoms with van der Waals surface area (Å²) < 4.78 is 6.80. The Morgan fingerprint density at radius 2 is 0.747 bits per heavy atom. The number of ether oxygens (including phenoxy) is 1. The van der Waals surface area contributed by atoms with E-state index in [1.165, 1.54) is 120 Å². The molecule has 79 heavy (non-hydrogen) atoms. The van der Waals surface area contributed by atoms with Gasteiger partial charge in [-0.15, -0.1) is 0 Å². The van der Waals surface area contributed by atoms with Crippen LogP contribution in [0, 0.1) is 0 Å². The van der Waals surface area contributed by atoms with Gasteiger partial charge in [0.15, 0.2) is 0 Å². The van der Waals surface area contributed by atoms with Gasteiger partial charge in [-0.25, -0.2) is 0 Å². The molecule has 4 aliphatic carbocycles. The number of allylic oxidation sites excluding steroid dienone is 4. The molecule has 2 nitrogen and oxygen atoms in total. The van der Waals surface area contributed by atoms with Crippen LogP contribution < -0.4 is 9.64 Å². The monoisotopic (exact) mass is 1040 g/mol. The second-order valence-corrected chi connectivity index (χ2v) is 24.1. The summed E-state index contributed by atoms with van der Waals surface area (Å²) in [5.74, 6) is 1.83. The molecule has 0 atom stereocenters. The first-order chi connectivity index (χ1) is 39.2. The van der Waals surface area contributed by atoms with Crippen molar-refractivity contribution in [3.05, 3.63) is 333 Å². The van der Waals surface area contributed by atoms with Gasteiger partial charge in [-0.05, 0) is 151 Å². The molecule has 0 bridgehead atoms. The summed E-state index contributed by atoms with van der Waals surface area (Å²) in [6.45, 7) is 0. The van der Waals surface area contributed by atoms with Crippen LogP contribution in [0.1, 0.15) is 79.6 Å². The van der Waals surface area contributed by atoms with E-state index in [1.807, 2.05) is 23.5 Å². The van der Waals surface area contributed by atoms with Crippen LogP contribution >= 0.6 is 23.5 Å². The van der Waals surface area contributed by atoms with Gasteiger partial charge in [0.05, 0.1) is 27.6 Å². The first-order valence-corrected chi connectivity index (χ1v) is 29.3. The molecule has 7 aliphatic rings. The van der Waals surface area contributed by atoms with Gasteiger partial charge >= 0.3 is 0 Å². The molecule has 370 valence electrons. The number of benzene rings is 11. The van der Waals surface area contributed by atoms with Crippen molar-refractivity contribution in [3.63, 3.8) is 0 Å². The molecule has 3 heterocycles. The second-order valence-electron chi connectivity index (χ2n) is 21.9. The number of hydrogen-bond donors (Lipinski definition) is 0. The molecular weight excluding hydrogens is 995 g/mol. The van der Waals surface area contributed by atoms with Crippen LogP contribution in [0.4, 0.5) is 17.1 Å². The Labute approximate surface area is 468 Å². The molecular formula is C75H47NOS2. The maximum atomic E-state index is 6.80. The van der Waals surface area contributed by atoms with E-state index >= 15 is 0 Å². The Hall–Kier alpha value is -8.80. The van der Waals surface area contributed by atoms with Crippen LogP contribution in [-0.4, -0.2) is 0 Å². The Kier molecular flexibility index (Phi) is 9.03. The average Bonchev–Trinajstić information content (AvgIpc) is 3.72. The Morgan fingerprint density at radius 3 is 1.24 bits per heavy atom. The molecule has 11 aromatic carbocycles. The quantitative estimate of drug-likeness (QED) is 0.175. The standard InChI is InChI=1S/C75H47NOS2/c1-4-24-51-47(21-1)50-45-46(43-44-54(50)73(51)55-27-7-13-37-65(55)77-66-38-14-8-28-56(66)73)76(63-35-19-33-61-71(63)48-22-2-5-25-52(48)74(61)57-29-9-15-39-67(57)78-68-40-16-10-30-58(68)74)64-36-20-34-62-72(64)49-23-3-6-26-53(49)75(62)59-31-11-17-41-69(59)79-70-42-18-12-32-60(70)75/h2-20,22-45H,1,21H2. The van der Waals surface area contributed by atoms with Crippen molar-refractivity contribution in [2.45, 2.75) is 48.7 Å². The Balaban J connectivity index is 0.965. The third-order valence-corrected chi connectivity index (χ3v) is 20.9. The molecule has 3 aliphatic heterocycles. The summed E-state index contributed by atoms with van der Waals surface area (Å²) >= 11 is 3.79. The van der Waals surface area contributed by atoms with Gasteiger partial charge in [0, 0.05) is 47.5 Å². The summed E-state index contributed by atoms with van der Waals surface area (Å²) in [5.41, 5.74) is 25.3. The lowest BCUT2D eigenvalue weighted by Crippen LogP contribution is -2.33. The average molecular weight is 1040 g/mol. The zero-order valence-electron chi connectivity index (χ0n) is 42.9. The van der Waals surface area contributed by atoms with Crippen LogP contribution in [-0.2, 0) is 16.2 Å². The number of rotatable bonds is 3. The van der Waals surface area contributed by atoms with Crippen LogP contribution in [0.5, 0.6) is 11.5 Å². The number of anilines is 3. The molecule has 0 radical (unpaired) electrons. The lowest BCUT2D eigenvalue weighted by molar-refractivity contribution is 0.435. The fourth-order valence-corrected chi connectivity index (χ4v) is 18.2. The molecule has 0 N–H and O–H groups in total. The van der Waals surface area contributed by atoms with Crippen molar-refractivity contribution < 1.29 is 4.74 Å². The second kappa shape index (κ2) is 16.1. The molecule has 4 heteroatoms. The van der Waals surface area contributed by atoms with Crippen molar-refractivity contribution in [2.75, 3.05) is 4.90 Å². The lowest BCUT2D eigenvalue weighted by Gasteiger charge is -2.40. The normalized spacial score (nSPS) is 16.5. The largest absolute Gasteiger partial charge is 0.457 e. The van der Waals surface area contributed by atoms with Gasteiger partial charge in [0.1, 0.15) is 11.5 Å². The van der Waals surface area contributed by atoms with Gasteiger partial charge in [-0.3, -0.25) is 0 Å². The van der Waals surface area contributed by atoms with E-state index in [1.54, 1.807) is 0 Å². The molecule has 0 fully saturated rings. The third-order valence-electron chi connectivity index (χ3n) is 18.5. The highest BCUT2D eigenvalue weighted by atomic mass is 32.2. The van der Waals surface area contributed by atoms with E-state index in [0.717, 1.165) is 41.4 Å². The highest BCUT2D eigenvalue weighted by molar-refractivity contribution is 7.99. The van der Waals surface area contributed by atoms with Crippen LogP contribution in [0.25, 0.3) is 27.8 Å². The van der Waals surface area contributed by atoms with E-state index < -0.39 is 16.2 Å². The summed E-state index contributed by atoms with van der Waals surface area (Å²) in [6.07, 6.45) is 6.77. The molecule has 0 unspecified atom stereocenters. The van der Waals surface area contributed by atoms with E-state index in [-0.39, 0.29) is 0 Å². The summed E-state index contributed by atoms with van der Waals surface area (Å²) in [4.78, 5) is 7.87. The van der Waals surface area contributed by atoms with Crippen molar-refractivity contribution in [3.8, 4) is 33.8 Å². The van der Waals surface area contributed by atoms with Gasteiger partial charge in [0.25, 0.3) is 0 Å². The number of para-hydroxylation sites is 2. The van der Waals surface area contributed by atoms with E-state index in [0.29, 0.717) is 0 Å². The zero-order chi connectivity index (χ0) is 51.6. The van der Waals surface area contributed by atoms with Gasteiger partial charge in [0.2, 0.25) is 0 Å². The molecule has 0 saturated carbocycles. The van der Waals surface area contributed by atoms with E-state index in [9.17, 15) is 0 Å². The maximum absolute atomic E-state index is 6.80. The molecule has 0 saturated heterocycles. The van der Waals surface area contributed by atoms with Gasteiger partial charge < -0.3 is 9.64 Å². The highest BCUT2D eigenvalue weighted by Gasteiger charge is 2.55. The lowest BCUT2D eigenvalue weighted by atomic mass is 9.65. The minimum atomic E-state index is -0.547. The number of nitrogens with zero attached hydrogens (tertiary/aromatic N) is 1. The topological polar surface area (TPSA) is 12.5 Å². The predicted octanol–water partition coefficient (Wildman–Crippen LogP) is 19.4. The smallest absolute Gasteiger partial charge is 0.132 e. The number of fused-ring (bicyclic) bond motifs is 26. The minimum Gasteiger partial charge on any atom is -0.457 e. The van der Waals surface area contributed by atoms with Gasteiger partial charge in [-0.2, -0.15) is 0 Å². The number of hydrogen-bond acceptors (Lipinski definition) is 4. The van der Waals surface area contributed by atoms with Crippen LogP contribution in [0.15, 0.2) is 286 Å². The third kappa shape index (κ3) is 5.46. The molecule has 0 amide bonds. The first kappa shape index (κ1) is 44.2. The summed E-state index contributed by atoms with van der Waals surface area (Å²) in [6, 6.07) is 94.6. The zero-order valence-corrected chi connectivity index (χ0v) is 44.5. The fraction of sp³-hybridized carbons (Fsp3) is 0.0667. The first-order valence-electron chi connectivity index (χ1n) is 27.6. The molecule has 0 aromatic heterocycles. The predicted molar refractivity (Wildman–Crippen MR) is 322 cm³/mol.